The van der Waals surface area contributed by atoms with E-state index in [0.717, 1.165) is 17.8 Å². The Hall–Kier alpha value is -0.890. The Labute approximate surface area is 84.7 Å². The molecule has 1 saturated carbocycles. The van der Waals surface area contributed by atoms with E-state index >= 15 is 0 Å². The molecule has 1 aromatic rings. The van der Waals surface area contributed by atoms with E-state index in [-0.39, 0.29) is 0 Å². The van der Waals surface area contributed by atoms with Crippen LogP contribution in [-0.2, 0) is 0 Å². The molecule has 0 radical (unpaired) electrons. The Morgan fingerprint density at radius 2 is 1.93 bits per heavy atom. The second-order valence-corrected chi connectivity index (χ2v) is 4.60. The average molecular weight is 188 g/mol. The molecule has 0 unspecified atom stereocenters. The highest BCUT2D eigenvalue weighted by Crippen LogP contribution is 2.43. The third-order valence-electron chi connectivity index (χ3n) is 3.76. The van der Waals surface area contributed by atoms with E-state index < -0.39 is 0 Å². The van der Waals surface area contributed by atoms with Crippen LogP contribution < -0.4 is 5.32 Å². The van der Waals surface area contributed by atoms with Gasteiger partial charge in [0.25, 0.3) is 0 Å². The predicted octanol–water partition coefficient (Wildman–Crippen LogP) is 1.79. The fourth-order valence-electron chi connectivity index (χ4n) is 3.03. The Morgan fingerprint density at radius 1 is 1.14 bits per heavy atom. The number of pyridine rings is 1. The summed E-state index contributed by atoms with van der Waals surface area (Å²) in [5, 5.41) is 3.48. The van der Waals surface area contributed by atoms with Crippen molar-refractivity contribution in [3.63, 3.8) is 0 Å². The van der Waals surface area contributed by atoms with Crippen LogP contribution in [0.25, 0.3) is 0 Å². The third kappa shape index (κ3) is 1.34. The van der Waals surface area contributed by atoms with Crippen molar-refractivity contribution in [1.82, 2.24) is 10.3 Å². The largest absolute Gasteiger partial charge is 0.316 e. The van der Waals surface area contributed by atoms with E-state index in [0.29, 0.717) is 0 Å². The molecule has 2 aliphatic rings. The number of nitrogens with one attached hydrogen (secondary N) is 1. The van der Waals surface area contributed by atoms with Gasteiger partial charge in [-0.3, -0.25) is 4.98 Å². The Balaban J connectivity index is 1.77. The van der Waals surface area contributed by atoms with Gasteiger partial charge in [-0.05, 0) is 49.9 Å². The molecular weight excluding hydrogens is 172 g/mol. The fraction of sp³-hybridized carbons (Fsp3) is 0.583. The van der Waals surface area contributed by atoms with Crippen LogP contribution >= 0.6 is 0 Å². The number of aromatic nitrogens is 1. The summed E-state index contributed by atoms with van der Waals surface area (Å²) >= 11 is 0. The second-order valence-electron chi connectivity index (χ2n) is 4.60. The monoisotopic (exact) mass is 188 g/mol. The summed E-state index contributed by atoms with van der Waals surface area (Å²) in [5.74, 6) is 2.57. The van der Waals surface area contributed by atoms with Gasteiger partial charge in [0.15, 0.2) is 0 Å². The third-order valence-corrected chi connectivity index (χ3v) is 3.76. The van der Waals surface area contributed by atoms with Crippen molar-refractivity contribution in [3.8, 4) is 0 Å². The topological polar surface area (TPSA) is 24.9 Å². The predicted molar refractivity (Wildman–Crippen MR) is 56.1 cm³/mol. The fourth-order valence-corrected chi connectivity index (χ4v) is 3.03. The minimum absolute atomic E-state index is 0.730. The first-order valence-corrected chi connectivity index (χ1v) is 5.55. The number of hydrogen-bond donors (Lipinski definition) is 1. The molecule has 0 bridgehead atoms. The number of hydrogen-bond acceptors (Lipinski definition) is 2. The lowest BCUT2D eigenvalue weighted by Gasteiger charge is -2.09. The Kier molecular flexibility index (Phi) is 2.02. The Bertz CT molecular complexity index is 297. The summed E-state index contributed by atoms with van der Waals surface area (Å²) in [4.78, 5) is 4.47. The first kappa shape index (κ1) is 8.42. The molecule has 74 valence electrons. The number of fused-ring (bicyclic) bond motifs is 1. The summed E-state index contributed by atoms with van der Waals surface area (Å²) < 4.78 is 0. The maximum absolute atomic E-state index is 4.47. The molecule has 3 rings (SSSR count). The summed E-state index contributed by atoms with van der Waals surface area (Å²) in [6.45, 7) is 2.46. The molecule has 2 heteroatoms. The second kappa shape index (κ2) is 3.35. The van der Waals surface area contributed by atoms with E-state index in [1.807, 2.05) is 12.3 Å². The lowest BCUT2D eigenvalue weighted by Crippen LogP contribution is -2.11. The summed E-state index contributed by atoms with van der Waals surface area (Å²) in [7, 11) is 0. The standard InChI is InChI=1S/C12H16N2/c1-2-4-14-12(3-1)9-5-10-7-13-8-11(10)6-9/h1-4,9-11,13H,5-8H2/t10-,11-/m0/s1. The molecule has 14 heavy (non-hydrogen) atoms. The minimum atomic E-state index is 0.730. The van der Waals surface area contributed by atoms with Gasteiger partial charge >= 0.3 is 0 Å². The molecule has 1 N–H and O–H groups in total. The molecule has 2 fully saturated rings. The van der Waals surface area contributed by atoms with Crippen LogP contribution in [0.3, 0.4) is 0 Å². The van der Waals surface area contributed by atoms with Crippen LogP contribution in [-0.4, -0.2) is 18.1 Å². The highest BCUT2D eigenvalue weighted by Gasteiger charge is 2.38. The minimum Gasteiger partial charge on any atom is -0.316 e. The van der Waals surface area contributed by atoms with Gasteiger partial charge in [-0.1, -0.05) is 6.07 Å². The zero-order valence-corrected chi connectivity index (χ0v) is 8.32. The molecule has 1 aliphatic carbocycles. The SMILES string of the molecule is c1ccc(C2C[C@H]3CNC[C@@H]3C2)nc1. The van der Waals surface area contributed by atoms with Crippen molar-refractivity contribution in [2.24, 2.45) is 11.8 Å². The molecule has 1 aromatic heterocycles. The molecule has 0 amide bonds. The van der Waals surface area contributed by atoms with Crippen LogP contribution in [0.15, 0.2) is 24.4 Å². The molecule has 2 nitrogen and oxygen atoms in total. The van der Waals surface area contributed by atoms with E-state index in [1.165, 1.54) is 31.6 Å². The van der Waals surface area contributed by atoms with E-state index in [2.05, 4.69) is 22.4 Å². The van der Waals surface area contributed by atoms with Crippen LogP contribution in [0.5, 0.6) is 0 Å². The molecule has 0 aromatic carbocycles. The van der Waals surface area contributed by atoms with E-state index in [9.17, 15) is 0 Å². The van der Waals surface area contributed by atoms with Crippen molar-refractivity contribution in [2.75, 3.05) is 13.1 Å². The van der Waals surface area contributed by atoms with Gasteiger partial charge in [-0.15, -0.1) is 0 Å². The van der Waals surface area contributed by atoms with Gasteiger partial charge in [0.1, 0.15) is 0 Å². The van der Waals surface area contributed by atoms with Gasteiger partial charge in [-0.25, -0.2) is 0 Å². The number of nitrogens with zero attached hydrogens (tertiary/aromatic N) is 1. The smallest absolute Gasteiger partial charge is 0.0434 e. The van der Waals surface area contributed by atoms with Crippen molar-refractivity contribution < 1.29 is 0 Å². The van der Waals surface area contributed by atoms with E-state index in [1.54, 1.807) is 0 Å². The molecule has 2 heterocycles. The van der Waals surface area contributed by atoms with Crippen LogP contribution in [0, 0.1) is 11.8 Å². The number of rotatable bonds is 1. The summed E-state index contributed by atoms with van der Waals surface area (Å²) in [5.41, 5.74) is 1.31. The van der Waals surface area contributed by atoms with Gasteiger partial charge in [0, 0.05) is 17.8 Å². The van der Waals surface area contributed by atoms with Gasteiger partial charge in [0.05, 0.1) is 0 Å². The zero-order chi connectivity index (χ0) is 9.38. The van der Waals surface area contributed by atoms with Gasteiger partial charge < -0.3 is 5.32 Å². The quantitative estimate of drug-likeness (QED) is 0.727. The van der Waals surface area contributed by atoms with Crippen LogP contribution in [0.4, 0.5) is 0 Å². The van der Waals surface area contributed by atoms with Crippen molar-refractivity contribution in [2.45, 2.75) is 18.8 Å². The lowest BCUT2D eigenvalue weighted by molar-refractivity contribution is 0.494. The first-order chi connectivity index (χ1) is 6.93. The maximum atomic E-state index is 4.47. The lowest BCUT2D eigenvalue weighted by atomic mass is 10.0. The summed E-state index contributed by atoms with van der Waals surface area (Å²) in [6.07, 6.45) is 4.60. The average Bonchev–Trinajstić information content (AvgIpc) is 2.78. The van der Waals surface area contributed by atoms with Crippen LogP contribution in [0.1, 0.15) is 24.5 Å². The molecular formula is C12H16N2. The molecule has 0 spiro atoms. The summed E-state index contributed by atoms with van der Waals surface area (Å²) in [6, 6.07) is 6.29. The molecule has 1 aliphatic heterocycles. The van der Waals surface area contributed by atoms with Crippen molar-refractivity contribution in [3.05, 3.63) is 30.1 Å². The molecule has 2 atom stereocenters. The van der Waals surface area contributed by atoms with Gasteiger partial charge in [-0.2, -0.15) is 0 Å². The highest BCUT2D eigenvalue weighted by atomic mass is 14.9. The van der Waals surface area contributed by atoms with Crippen LogP contribution in [0.2, 0.25) is 0 Å². The van der Waals surface area contributed by atoms with Gasteiger partial charge in [0.2, 0.25) is 0 Å². The van der Waals surface area contributed by atoms with Crippen molar-refractivity contribution >= 4 is 0 Å². The normalized spacial score (nSPS) is 32.0. The highest BCUT2D eigenvalue weighted by molar-refractivity contribution is 5.13. The van der Waals surface area contributed by atoms with Crippen molar-refractivity contribution in [1.29, 1.82) is 0 Å². The maximum Gasteiger partial charge on any atom is 0.0434 e. The van der Waals surface area contributed by atoms with E-state index in [4.69, 9.17) is 0 Å². The zero-order valence-electron chi connectivity index (χ0n) is 8.32. The molecule has 1 saturated heterocycles. The Morgan fingerprint density at radius 3 is 2.57 bits per heavy atom. The first-order valence-electron chi connectivity index (χ1n) is 5.55.